The normalized spacial score (nSPS) is 19.9. The van der Waals surface area contributed by atoms with Gasteiger partial charge in [-0.3, -0.25) is 4.79 Å². The molecule has 2 heterocycles. The van der Waals surface area contributed by atoms with Gasteiger partial charge in [-0.2, -0.15) is 0 Å². The van der Waals surface area contributed by atoms with Gasteiger partial charge in [0.15, 0.2) is 0 Å². The van der Waals surface area contributed by atoms with Gasteiger partial charge < -0.3 is 4.90 Å². The van der Waals surface area contributed by atoms with Crippen LogP contribution in [0.5, 0.6) is 0 Å². The number of amides is 1. The first kappa shape index (κ1) is 16.6. The largest absolute Gasteiger partial charge is 0.304 e. The third-order valence-electron chi connectivity index (χ3n) is 5.12. The Labute approximate surface area is 157 Å². The highest BCUT2D eigenvalue weighted by atomic mass is 35.5. The van der Waals surface area contributed by atoms with E-state index in [0.717, 1.165) is 27.8 Å². The average Bonchev–Trinajstić information content (AvgIpc) is 2.93. The van der Waals surface area contributed by atoms with Gasteiger partial charge >= 0.3 is 0 Å². The van der Waals surface area contributed by atoms with Crippen molar-refractivity contribution in [2.24, 2.45) is 0 Å². The SMILES string of the molecule is Cc1cccc2c1N(C(=O)c1sc3ccccc3c1Cl)C(C)CC2C. The molecule has 1 aliphatic rings. The van der Waals surface area contributed by atoms with Crippen LogP contribution in [0.4, 0.5) is 5.69 Å². The van der Waals surface area contributed by atoms with E-state index in [4.69, 9.17) is 11.6 Å². The van der Waals surface area contributed by atoms with E-state index in [1.165, 1.54) is 16.9 Å². The fourth-order valence-corrected chi connectivity index (χ4v) is 5.38. The molecule has 2 atom stereocenters. The predicted molar refractivity (Wildman–Crippen MR) is 107 cm³/mol. The molecule has 0 radical (unpaired) electrons. The summed E-state index contributed by atoms with van der Waals surface area (Å²) in [6.45, 7) is 6.45. The van der Waals surface area contributed by atoms with E-state index in [2.05, 4.69) is 39.0 Å². The highest BCUT2D eigenvalue weighted by molar-refractivity contribution is 7.21. The molecular formula is C21H20ClNOS. The zero-order valence-electron chi connectivity index (χ0n) is 14.5. The lowest BCUT2D eigenvalue weighted by molar-refractivity contribution is 0.0978. The Morgan fingerprint density at radius 2 is 1.92 bits per heavy atom. The number of carbonyl (C=O) groups is 1. The molecule has 0 bridgehead atoms. The maximum Gasteiger partial charge on any atom is 0.270 e. The first-order valence-electron chi connectivity index (χ1n) is 8.59. The molecule has 1 aliphatic heterocycles. The van der Waals surface area contributed by atoms with E-state index in [9.17, 15) is 4.79 Å². The Morgan fingerprint density at radius 1 is 1.16 bits per heavy atom. The zero-order chi connectivity index (χ0) is 17.7. The van der Waals surface area contributed by atoms with Gasteiger partial charge in [0.2, 0.25) is 0 Å². The summed E-state index contributed by atoms with van der Waals surface area (Å²) in [4.78, 5) is 16.1. The predicted octanol–water partition coefficient (Wildman–Crippen LogP) is 6.41. The Bertz CT molecular complexity index is 977. The minimum Gasteiger partial charge on any atom is -0.304 e. The monoisotopic (exact) mass is 369 g/mol. The van der Waals surface area contributed by atoms with Gasteiger partial charge in [-0.15, -0.1) is 11.3 Å². The van der Waals surface area contributed by atoms with Gasteiger partial charge in [0.05, 0.1) is 10.7 Å². The van der Waals surface area contributed by atoms with Gasteiger partial charge in [0, 0.05) is 16.1 Å². The van der Waals surface area contributed by atoms with Crippen molar-refractivity contribution < 1.29 is 4.79 Å². The van der Waals surface area contributed by atoms with Crippen molar-refractivity contribution in [1.82, 2.24) is 0 Å². The second-order valence-corrected chi connectivity index (χ2v) is 8.35. The maximum absolute atomic E-state index is 13.5. The summed E-state index contributed by atoms with van der Waals surface area (Å²) < 4.78 is 1.05. The molecule has 2 unspecified atom stereocenters. The van der Waals surface area contributed by atoms with E-state index in [1.54, 1.807) is 0 Å². The fourth-order valence-electron chi connectivity index (χ4n) is 3.94. The van der Waals surface area contributed by atoms with Gasteiger partial charge in [-0.25, -0.2) is 0 Å². The molecule has 0 saturated heterocycles. The molecule has 0 saturated carbocycles. The number of aryl methyl sites for hydroxylation is 1. The van der Waals surface area contributed by atoms with Crippen LogP contribution < -0.4 is 4.90 Å². The van der Waals surface area contributed by atoms with Crippen molar-refractivity contribution in [2.75, 3.05) is 4.90 Å². The van der Waals surface area contributed by atoms with Crippen molar-refractivity contribution in [2.45, 2.75) is 39.2 Å². The van der Waals surface area contributed by atoms with E-state index in [0.29, 0.717) is 15.8 Å². The number of thiophene rings is 1. The fraction of sp³-hybridized carbons (Fsp3) is 0.286. The van der Waals surface area contributed by atoms with E-state index >= 15 is 0 Å². The molecule has 0 spiro atoms. The number of nitrogens with zero attached hydrogens (tertiary/aromatic N) is 1. The highest BCUT2D eigenvalue weighted by Crippen LogP contribution is 2.43. The molecular weight excluding hydrogens is 350 g/mol. The Morgan fingerprint density at radius 3 is 2.68 bits per heavy atom. The Kier molecular flexibility index (Phi) is 4.09. The van der Waals surface area contributed by atoms with Crippen LogP contribution in [0.2, 0.25) is 5.02 Å². The second-order valence-electron chi connectivity index (χ2n) is 6.91. The number of hydrogen-bond acceptors (Lipinski definition) is 2. The van der Waals surface area contributed by atoms with Crippen LogP contribution in [0, 0.1) is 6.92 Å². The van der Waals surface area contributed by atoms with Crippen molar-refractivity contribution in [3.05, 3.63) is 63.5 Å². The Balaban J connectivity index is 1.87. The molecule has 4 heteroatoms. The van der Waals surface area contributed by atoms with Gasteiger partial charge in [-0.1, -0.05) is 54.9 Å². The third-order valence-corrected chi connectivity index (χ3v) is 6.79. The zero-order valence-corrected chi connectivity index (χ0v) is 16.1. The van der Waals surface area contributed by atoms with Crippen LogP contribution in [0.15, 0.2) is 42.5 Å². The first-order chi connectivity index (χ1) is 12.0. The number of rotatable bonds is 1. The number of para-hydroxylation sites is 1. The summed E-state index contributed by atoms with van der Waals surface area (Å²) in [5, 5.41) is 1.53. The van der Waals surface area contributed by atoms with Crippen LogP contribution in [0.3, 0.4) is 0 Å². The van der Waals surface area contributed by atoms with Crippen LogP contribution in [0.1, 0.15) is 47.0 Å². The molecule has 4 rings (SSSR count). The van der Waals surface area contributed by atoms with Gasteiger partial charge in [-0.05, 0) is 43.4 Å². The van der Waals surface area contributed by atoms with Gasteiger partial charge in [0.1, 0.15) is 4.88 Å². The summed E-state index contributed by atoms with van der Waals surface area (Å²) in [5.41, 5.74) is 3.46. The quantitative estimate of drug-likeness (QED) is 0.485. The van der Waals surface area contributed by atoms with Gasteiger partial charge in [0.25, 0.3) is 5.91 Å². The van der Waals surface area contributed by atoms with Crippen molar-refractivity contribution in [3.63, 3.8) is 0 Å². The lowest BCUT2D eigenvalue weighted by Crippen LogP contribution is -2.43. The molecule has 1 aromatic heterocycles. The smallest absolute Gasteiger partial charge is 0.270 e. The molecule has 2 nitrogen and oxygen atoms in total. The maximum atomic E-state index is 13.5. The van der Waals surface area contributed by atoms with Crippen molar-refractivity contribution in [1.29, 1.82) is 0 Å². The summed E-state index contributed by atoms with van der Waals surface area (Å²) in [6, 6.07) is 14.4. The number of hydrogen-bond donors (Lipinski definition) is 0. The summed E-state index contributed by atoms with van der Waals surface area (Å²) >= 11 is 8.06. The van der Waals surface area contributed by atoms with Crippen LogP contribution in [-0.2, 0) is 0 Å². The van der Waals surface area contributed by atoms with Crippen LogP contribution in [-0.4, -0.2) is 11.9 Å². The number of halogens is 1. The van der Waals surface area contributed by atoms with Crippen LogP contribution >= 0.6 is 22.9 Å². The molecule has 25 heavy (non-hydrogen) atoms. The van der Waals surface area contributed by atoms with Crippen LogP contribution in [0.25, 0.3) is 10.1 Å². The van der Waals surface area contributed by atoms with Crippen molar-refractivity contribution >= 4 is 44.6 Å². The summed E-state index contributed by atoms with van der Waals surface area (Å²) in [7, 11) is 0. The number of carbonyl (C=O) groups excluding carboxylic acids is 1. The number of benzene rings is 2. The molecule has 0 fully saturated rings. The average molecular weight is 370 g/mol. The number of fused-ring (bicyclic) bond motifs is 2. The third kappa shape index (κ3) is 2.57. The molecule has 0 N–H and O–H groups in total. The Hall–Kier alpha value is -1.84. The highest BCUT2D eigenvalue weighted by Gasteiger charge is 2.35. The van der Waals surface area contributed by atoms with E-state index in [1.807, 2.05) is 29.2 Å². The molecule has 3 aromatic rings. The standard InChI is InChI=1S/C21H20ClNOS/c1-12-7-6-9-15-13(2)11-14(3)23(19(12)15)21(24)20-18(22)16-8-4-5-10-17(16)25-20/h4-10,13-14H,11H2,1-3H3. The summed E-state index contributed by atoms with van der Waals surface area (Å²) in [6.07, 6.45) is 0.963. The minimum absolute atomic E-state index is 0.0150. The molecule has 1 amide bonds. The summed E-state index contributed by atoms with van der Waals surface area (Å²) in [5.74, 6) is 0.466. The first-order valence-corrected chi connectivity index (χ1v) is 9.78. The molecule has 2 aromatic carbocycles. The molecule has 128 valence electrons. The van der Waals surface area contributed by atoms with E-state index < -0.39 is 0 Å². The lowest BCUT2D eigenvalue weighted by Gasteiger charge is -2.39. The van der Waals surface area contributed by atoms with Crippen molar-refractivity contribution in [3.8, 4) is 0 Å². The second kappa shape index (κ2) is 6.15. The van der Waals surface area contributed by atoms with E-state index in [-0.39, 0.29) is 11.9 Å². The molecule has 0 aliphatic carbocycles. The lowest BCUT2D eigenvalue weighted by atomic mass is 9.85. The minimum atomic E-state index is 0.0150. The topological polar surface area (TPSA) is 20.3 Å². The number of anilines is 1.